The van der Waals surface area contributed by atoms with Gasteiger partial charge in [0.05, 0.1) is 34.6 Å². The molecule has 1 N–H and O–H groups in total. The second kappa shape index (κ2) is 8.67. The molecule has 0 saturated heterocycles. The highest BCUT2D eigenvalue weighted by atomic mass is 19.4. The van der Waals surface area contributed by atoms with Crippen LogP contribution < -0.4 is 11.0 Å². The average Bonchev–Trinajstić information content (AvgIpc) is 3.36. The Labute approximate surface area is 202 Å². The van der Waals surface area contributed by atoms with E-state index < -0.39 is 30.4 Å². The molecule has 0 aliphatic rings. The zero-order chi connectivity index (χ0) is 25.6. The predicted molar refractivity (Wildman–Crippen MR) is 129 cm³/mol. The largest absolute Gasteiger partial charge is 0.408 e. The first-order valence-electron chi connectivity index (χ1n) is 11.1. The van der Waals surface area contributed by atoms with Gasteiger partial charge in [-0.25, -0.2) is 4.79 Å². The molecule has 36 heavy (non-hydrogen) atoms. The van der Waals surface area contributed by atoms with E-state index in [9.17, 15) is 22.8 Å². The van der Waals surface area contributed by atoms with Crippen LogP contribution in [0.4, 0.5) is 13.2 Å². The molecule has 3 aromatic heterocycles. The first-order chi connectivity index (χ1) is 17.1. The van der Waals surface area contributed by atoms with Gasteiger partial charge in [-0.1, -0.05) is 24.3 Å². The summed E-state index contributed by atoms with van der Waals surface area (Å²) in [5, 5.41) is 7.13. The molecule has 11 heteroatoms. The molecule has 0 spiro atoms. The van der Waals surface area contributed by atoms with E-state index in [1.165, 1.54) is 9.13 Å². The van der Waals surface area contributed by atoms with Gasteiger partial charge < -0.3 is 5.32 Å². The molecule has 8 nitrogen and oxygen atoms in total. The molecule has 0 saturated carbocycles. The van der Waals surface area contributed by atoms with Crippen molar-refractivity contribution in [1.82, 2.24) is 29.2 Å². The number of nitrogens with one attached hydrogen (secondary N) is 1. The van der Waals surface area contributed by atoms with Crippen LogP contribution in [-0.4, -0.2) is 42.0 Å². The average molecular weight is 494 g/mol. The molecule has 184 valence electrons. The Morgan fingerprint density at radius 1 is 1.00 bits per heavy atom. The highest BCUT2D eigenvalue weighted by Gasteiger charge is 2.37. The Balaban J connectivity index is 1.52. The lowest BCUT2D eigenvalue weighted by molar-refractivity contribution is -0.158. The maximum atomic E-state index is 13.3. The van der Waals surface area contributed by atoms with Gasteiger partial charge in [0.25, 0.3) is 0 Å². The third kappa shape index (κ3) is 4.02. The Kier molecular flexibility index (Phi) is 5.62. The molecule has 0 aliphatic carbocycles. The molecule has 5 rings (SSSR count). The van der Waals surface area contributed by atoms with Gasteiger partial charge >= 0.3 is 11.9 Å². The van der Waals surface area contributed by atoms with Crippen LogP contribution in [0.2, 0.25) is 0 Å². The topological polar surface area (TPSA) is 86.7 Å². The normalized spacial score (nSPS) is 12.8. The third-order valence-electron chi connectivity index (χ3n) is 6.12. The minimum absolute atomic E-state index is 0.436. The summed E-state index contributed by atoms with van der Waals surface area (Å²) in [6, 6.07) is 12.0. The van der Waals surface area contributed by atoms with Crippen LogP contribution in [0.3, 0.4) is 0 Å². The number of benzene rings is 2. The fourth-order valence-electron chi connectivity index (χ4n) is 4.20. The molecule has 0 fully saturated rings. The van der Waals surface area contributed by atoms with Crippen LogP contribution in [0.1, 0.15) is 6.92 Å². The van der Waals surface area contributed by atoms with Gasteiger partial charge in [0, 0.05) is 24.2 Å². The molecule has 3 heterocycles. The number of aryl methyl sites for hydroxylation is 1. The molecule has 0 radical (unpaired) electrons. The Morgan fingerprint density at radius 3 is 2.39 bits per heavy atom. The summed E-state index contributed by atoms with van der Waals surface area (Å²) in [6.07, 6.45) is 0.674. The standard InChI is InChI=1S/C25H21F3N6O2/c1-15(25(26,27)28)31-23(35)14-33-20-5-3-4-6-21(20)34(24(33)36)17-9-7-16(8-10-17)18-11-29-13-22-19(18)12-30-32(22)2/h3-13,15H,14H2,1-2H3,(H,31,35)/t15-/m0/s1. The van der Waals surface area contributed by atoms with Crippen LogP contribution in [0.5, 0.6) is 0 Å². The van der Waals surface area contributed by atoms with Crippen LogP contribution in [0.15, 0.2) is 71.9 Å². The lowest BCUT2D eigenvalue weighted by Gasteiger charge is -2.17. The maximum Gasteiger partial charge on any atom is 0.408 e. The minimum atomic E-state index is -4.58. The van der Waals surface area contributed by atoms with Crippen molar-refractivity contribution in [2.45, 2.75) is 25.7 Å². The summed E-state index contributed by atoms with van der Waals surface area (Å²) < 4.78 is 42.9. The van der Waals surface area contributed by atoms with Gasteiger partial charge in [-0.15, -0.1) is 0 Å². The SMILES string of the molecule is C[C@H](NC(=O)Cn1c(=O)n(-c2ccc(-c3cncc4c3cnn4C)cc2)c2ccccc21)C(F)(F)F. The quantitative estimate of drug-likeness (QED) is 0.403. The van der Waals surface area contributed by atoms with Crippen LogP contribution in [-0.2, 0) is 18.4 Å². The monoisotopic (exact) mass is 494 g/mol. The van der Waals surface area contributed by atoms with Gasteiger partial charge in [0.2, 0.25) is 5.91 Å². The van der Waals surface area contributed by atoms with Crippen molar-refractivity contribution in [2.24, 2.45) is 7.05 Å². The first-order valence-corrected chi connectivity index (χ1v) is 11.1. The number of carbonyl (C=O) groups is 1. The number of halogens is 3. The number of alkyl halides is 3. The lowest BCUT2D eigenvalue weighted by Crippen LogP contribution is -2.45. The molecular formula is C25H21F3N6O2. The van der Waals surface area contributed by atoms with Crippen molar-refractivity contribution in [1.29, 1.82) is 0 Å². The van der Waals surface area contributed by atoms with Gasteiger partial charge in [-0.2, -0.15) is 18.3 Å². The van der Waals surface area contributed by atoms with Crippen LogP contribution in [0.25, 0.3) is 38.8 Å². The highest BCUT2D eigenvalue weighted by Crippen LogP contribution is 2.28. The van der Waals surface area contributed by atoms with Gasteiger partial charge in [0.1, 0.15) is 12.6 Å². The van der Waals surface area contributed by atoms with E-state index in [2.05, 4.69) is 10.1 Å². The Hall–Kier alpha value is -4.41. The number of rotatable bonds is 5. The number of hydrogen-bond acceptors (Lipinski definition) is 4. The molecule has 0 bridgehead atoms. The van der Waals surface area contributed by atoms with E-state index >= 15 is 0 Å². The molecule has 5 aromatic rings. The number of nitrogens with zero attached hydrogens (tertiary/aromatic N) is 5. The minimum Gasteiger partial charge on any atom is -0.343 e. The predicted octanol–water partition coefficient (Wildman–Crippen LogP) is 3.81. The third-order valence-corrected chi connectivity index (χ3v) is 6.12. The van der Waals surface area contributed by atoms with E-state index in [0.29, 0.717) is 16.7 Å². The number of amides is 1. The summed E-state index contributed by atoms with van der Waals surface area (Å²) in [5.41, 5.74) is 3.63. The number of para-hydroxylation sites is 2. The van der Waals surface area contributed by atoms with E-state index in [-0.39, 0.29) is 0 Å². The van der Waals surface area contributed by atoms with Crippen molar-refractivity contribution in [3.8, 4) is 16.8 Å². The van der Waals surface area contributed by atoms with Crippen molar-refractivity contribution in [3.63, 3.8) is 0 Å². The van der Waals surface area contributed by atoms with E-state index in [1.54, 1.807) is 59.7 Å². The number of hydrogen-bond donors (Lipinski definition) is 1. The number of imidazole rings is 1. The fourth-order valence-corrected chi connectivity index (χ4v) is 4.20. The number of fused-ring (bicyclic) bond motifs is 2. The van der Waals surface area contributed by atoms with Crippen molar-refractivity contribution in [3.05, 3.63) is 77.6 Å². The molecule has 1 amide bonds. The summed E-state index contributed by atoms with van der Waals surface area (Å²) in [5.74, 6) is -0.905. The number of carbonyl (C=O) groups excluding carboxylic acids is 1. The fraction of sp³-hybridized carbons (Fsp3) is 0.200. The summed E-state index contributed by atoms with van der Waals surface area (Å²) >= 11 is 0. The van der Waals surface area contributed by atoms with E-state index in [0.717, 1.165) is 29.0 Å². The number of aromatic nitrogens is 5. The van der Waals surface area contributed by atoms with Crippen molar-refractivity contribution in [2.75, 3.05) is 0 Å². The van der Waals surface area contributed by atoms with Crippen LogP contribution >= 0.6 is 0 Å². The number of pyridine rings is 1. The first kappa shape index (κ1) is 23.3. The van der Waals surface area contributed by atoms with E-state index in [4.69, 9.17) is 0 Å². The molecule has 1 atom stereocenters. The lowest BCUT2D eigenvalue weighted by atomic mass is 10.0. The maximum absolute atomic E-state index is 13.3. The second-order valence-electron chi connectivity index (χ2n) is 8.46. The summed E-state index contributed by atoms with van der Waals surface area (Å²) in [4.78, 5) is 30.0. The zero-order valence-electron chi connectivity index (χ0n) is 19.3. The van der Waals surface area contributed by atoms with Gasteiger partial charge in [0.15, 0.2) is 0 Å². The second-order valence-corrected chi connectivity index (χ2v) is 8.46. The molecule has 2 aromatic carbocycles. The van der Waals surface area contributed by atoms with E-state index in [1.807, 2.05) is 24.5 Å². The van der Waals surface area contributed by atoms with Gasteiger partial charge in [-0.05, 0) is 36.8 Å². The Morgan fingerprint density at radius 2 is 1.69 bits per heavy atom. The smallest absolute Gasteiger partial charge is 0.343 e. The zero-order valence-corrected chi connectivity index (χ0v) is 19.3. The molecule has 0 aliphatic heterocycles. The summed E-state index contributed by atoms with van der Waals surface area (Å²) in [7, 11) is 1.84. The van der Waals surface area contributed by atoms with Gasteiger partial charge in [-0.3, -0.25) is 23.6 Å². The Bertz CT molecular complexity index is 1650. The molecular weight excluding hydrogens is 473 g/mol. The molecule has 0 unspecified atom stereocenters. The summed E-state index contributed by atoms with van der Waals surface area (Å²) in [6.45, 7) is 0.312. The van der Waals surface area contributed by atoms with Crippen molar-refractivity contribution < 1.29 is 18.0 Å². The van der Waals surface area contributed by atoms with Crippen LogP contribution in [0, 0.1) is 0 Å². The van der Waals surface area contributed by atoms with Crippen molar-refractivity contribution >= 4 is 27.8 Å². The highest BCUT2D eigenvalue weighted by molar-refractivity contribution is 5.93.